The maximum atomic E-state index is 13.1. The highest BCUT2D eigenvalue weighted by atomic mass is 32.2. The number of benzene rings is 2. The molecule has 0 aliphatic carbocycles. The predicted octanol–water partition coefficient (Wildman–Crippen LogP) is 2.84. The van der Waals surface area contributed by atoms with E-state index in [2.05, 4.69) is 0 Å². The van der Waals surface area contributed by atoms with Gasteiger partial charge in [-0.1, -0.05) is 30.3 Å². The molecule has 0 bridgehead atoms. The molecule has 0 fully saturated rings. The van der Waals surface area contributed by atoms with Gasteiger partial charge in [-0.3, -0.25) is 9.10 Å². The van der Waals surface area contributed by atoms with Crippen LogP contribution < -0.4 is 9.04 Å². The third kappa shape index (κ3) is 4.51. The van der Waals surface area contributed by atoms with E-state index in [9.17, 15) is 13.2 Å². The minimum absolute atomic E-state index is 0.0817. The van der Waals surface area contributed by atoms with Gasteiger partial charge in [0, 0.05) is 0 Å². The lowest BCUT2D eigenvalue weighted by atomic mass is 10.3. The van der Waals surface area contributed by atoms with Crippen molar-refractivity contribution in [3.05, 3.63) is 54.6 Å². The van der Waals surface area contributed by atoms with Crippen LogP contribution >= 0.6 is 0 Å². The van der Waals surface area contributed by atoms with Gasteiger partial charge >= 0.3 is 5.97 Å². The number of hydrogen-bond acceptors (Lipinski definition) is 5. The Labute approximate surface area is 148 Å². The number of esters is 1. The van der Waals surface area contributed by atoms with Crippen molar-refractivity contribution in [3.8, 4) is 5.75 Å². The number of nitrogens with zero attached hydrogens (tertiary/aromatic N) is 1. The molecular formula is C18H21NO5S. The first-order valence-corrected chi connectivity index (χ1v) is 9.20. The lowest BCUT2D eigenvalue weighted by Crippen LogP contribution is -2.37. The standard InChI is InChI=1S/C18H21NO5S/c1-14(2)24-18(20)13-19(16-11-7-8-12-17(16)23-3)25(21,22)15-9-5-4-6-10-15/h4-12,14H,13H2,1-3H3. The third-order valence-corrected chi connectivity index (χ3v) is 5.10. The van der Waals surface area contributed by atoms with Crippen LogP contribution in [0.4, 0.5) is 5.69 Å². The van der Waals surface area contributed by atoms with Gasteiger partial charge in [-0.2, -0.15) is 0 Å². The third-order valence-electron chi connectivity index (χ3n) is 3.32. The van der Waals surface area contributed by atoms with Crippen LogP contribution in [0.3, 0.4) is 0 Å². The molecule has 0 saturated heterocycles. The quantitative estimate of drug-likeness (QED) is 0.707. The molecule has 0 spiro atoms. The molecule has 7 heteroatoms. The van der Waals surface area contributed by atoms with Crippen LogP contribution in [0.5, 0.6) is 5.75 Å². The largest absolute Gasteiger partial charge is 0.495 e. The minimum atomic E-state index is -3.97. The molecule has 2 rings (SSSR count). The Morgan fingerprint density at radius 2 is 1.64 bits per heavy atom. The second kappa shape index (κ2) is 8.02. The summed E-state index contributed by atoms with van der Waals surface area (Å²) in [7, 11) is -2.52. The van der Waals surface area contributed by atoms with Gasteiger partial charge in [0.25, 0.3) is 10.0 Å². The highest BCUT2D eigenvalue weighted by molar-refractivity contribution is 7.92. The van der Waals surface area contributed by atoms with E-state index in [0.717, 1.165) is 4.31 Å². The van der Waals surface area contributed by atoms with Crippen LogP contribution in [0.15, 0.2) is 59.5 Å². The van der Waals surface area contributed by atoms with Crippen molar-refractivity contribution in [1.82, 2.24) is 0 Å². The van der Waals surface area contributed by atoms with Gasteiger partial charge in [-0.05, 0) is 38.1 Å². The second-order valence-electron chi connectivity index (χ2n) is 5.54. The first-order valence-electron chi connectivity index (χ1n) is 7.76. The van der Waals surface area contributed by atoms with Crippen LogP contribution in [-0.2, 0) is 19.6 Å². The number of rotatable bonds is 7. The topological polar surface area (TPSA) is 72.9 Å². The molecule has 0 saturated carbocycles. The van der Waals surface area contributed by atoms with Gasteiger partial charge in [0.15, 0.2) is 0 Å². The number of para-hydroxylation sites is 2. The number of carbonyl (C=O) groups is 1. The van der Waals surface area contributed by atoms with Crippen molar-refractivity contribution >= 4 is 21.7 Å². The first-order chi connectivity index (χ1) is 11.9. The molecule has 0 aliphatic rings. The van der Waals surface area contributed by atoms with Crippen molar-refractivity contribution in [1.29, 1.82) is 0 Å². The van der Waals surface area contributed by atoms with Crippen molar-refractivity contribution in [2.75, 3.05) is 18.0 Å². The fourth-order valence-electron chi connectivity index (χ4n) is 2.27. The van der Waals surface area contributed by atoms with E-state index in [1.54, 1.807) is 56.3 Å². The number of ether oxygens (including phenoxy) is 2. The van der Waals surface area contributed by atoms with Gasteiger partial charge in [-0.15, -0.1) is 0 Å². The Morgan fingerprint density at radius 1 is 1.04 bits per heavy atom. The Balaban J connectivity index is 2.51. The molecule has 0 unspecified atom stereocenters. The summed E-state index contributed by atoms with van der Waals surface area (Å²) in [4.78, 5) is 12.2. The van der Waals surface area contributed by atoms with Crippen molar-refractivity contribution in [2.45, 2.75) is 24.8 Å². The van der Waals surface area contributed by atoms with Gasteiger partial charge in [0.2, 0.25) is 0 Å². The molecule has 6 nitrogen and oxygen atoms in total. The molecule has 134 valence electrons. The molecule has 2 aromatic rings. The van der Waals surface area contributed by atoms with E-state index >= 15 is 0 Å². The SMILES string of the molecule is COc1ccccc1N(CC(=O)OC(C)C)S(=O)(=O)c1ccccc1. The summed E-state index contributed by atoms with van der Waals surface area (Å²) in [6.07, 6.45) is -0.341. The zero-order valence-corrected chi connectivity index (χ0v) is 15.2. The molecule has 0 aliphatic heterocycles. The summed E-state index contributed by atoms with van der Waals surface area (Å²) in [6, 6.07) is 14.6. The average molecular weight is 363 g/mol. The summed E-state index contributed by atoms with van der Waals surface area (Å²) in [6.45, 7) is 2.96. The zero-order valence-electron chi connectivity index (χ0n) is 14.4. The molecule has 0 amide bonds. The van der Waals surface area contributed by atoms with E-state index in [1.165, 1.54) is 19.2 Å². The van der Waals surface area contributed by atoms with E-state index in [4.69, 9.17) is 9.47 Å². The van der Waals surface area contributed by atoms with E-state index in [-0.39, 0.29) is 16.7 Å². The number of sulfonamides is 1. The summed E-state index contributed by atoms with van der Waals surface area (Å²) >= 11 is 0. The summed E-state index contributed by atoms with van der Waals surface area (Å²) in [5.41, 5.74) is 0.273. The monoisotopic (exact) mass is 363 g/mol. The van der Waals surface area contributed by atoms with Gasteiger partial charge in [-0.25, -0.2) is 8.42 Å². The van der Waals surface area contributed by atoms with Crippen LogP contribution in [0, 0.1) is 0 Å². The maximum Gasteiger partial charge on any atom is 0.327 e. The molecule has 0 atom stereocenters. The fraction of sp³-hybridized carbons (Fsp3) is 0.278. The highest BCUT2D eigenvalue weighted by Gasteiger charge is 2.29. The second-order valence-corrected chi connectivity index (χ2v) is 7.40. The molecule has 25 heavy (non-hydrogen) atoms. The summed E-state index contributed by atoms with van der Waals surface area (Å²) in [5, 5.41) is 0. The Hall–Kier alpha value is -2.54. The van der Waals surface area contributed by atoms with Crippen LogP contribution in [-0.4, -0.2) is 34.1 Å². The fourth-order valence-corrected chi connectivity index (χ4v) is 3.71. The maximum absolute atomic E-state index is 13.1. The molecule has 2 aromatic carbocycles. The predicted molar refractivity (Wildman–Crippen MR) is 95.2 cm³/mol. The zero-order chi connectivity index (χ0) is 18.4. The number of hydrogen-bond donors (Lipinski definition) is 0. The normalized spacial score (nSPS) is 11.2. The van der Waals surface area contributed by atoms with Gasteiger partial charge in [0.1, 0.15) is 12.3 Å². The molecule has 0 radical (unpaired) electrons. The molecular weight excluding hydrogens is 342 g/mol. The minimum Gasteiger partial charge on any atom is -0.495 e. The van der Waals surface area contributed by atoms with E-state index in [1.807, 2.05) is 0 Å². The molecule has 0 aromatic heterocycles. The summed E-state index contributed by atoms with van der Waals surface area (Å²) < 4.78 is 37.6. The van der Waals surface area contributed by atoms with Gasteiger partial charge < -0.3 is 9.47 Å². The van der Waals surface area contributed by atoms with Crippen LogP contribution in [0.1, 0.15) is 13.8 Å². The van der Waals surface area contributed by atoms with Crippen molar-refractivity contribution in [2.24, 2.45) is 0 Å². The van der Waals surface area contributed by atoms with Crippen LogP contribution in [0.2, 0.25) is 0 Å². The Kier molecular flexibility index (Phi) is 6.03. The van der Waals surface area contributed by atoms with E-state index < -0.39 is 22.5 Å². The number of carbonyl (C=O) groups excluding carboxylic acids is 1. The lowest BCUT2D eigenvalue weighted by Gasteiger charge is -2.25. The van der Waals surface area contributed by atoms with Crippen molar-refractivity contribution < 1.29 is 22.7 Å². The number of methoxy groups -OCH3 is 1. The van der Waals surface area contributed by atoms with Crippen molar-refractivity contribution in [3.63, 3.8) is 0 Å². The number of anilines is 1. The molecule has 0 N–H and O–H groups in total. The average Bonchev–Trinajstić information content (AvgIpc) is 2.59. The Morgan fingerprint density at radius 3 is 2.24 bits per heavy atom. The lowest BCUT2D eigenvalue weighted by molar-refractivity contribution is -0.145. The van der Waals surface area contributed by atoms with Crippen LogP contribution in [0.25, 0.3) is 0 Å². The van der Waals surface area contributed by atoms with Gasteiger partial charge in [0.05, 0.1) is 23.8 Å². The smallest absolute Gasteiger partial charge is 0.327 e. The highest BCUT2D eigenvalue weighted by Crippen LogP contribution is 2.32. The summed E-state index contributed by atoms with van der Waals surface area (Å²) in [5.74, 6) is -0.292. The molecule has 0 heterocycles. The Bertz CT molecular complexity index is 818. The first kappa shape index (κ1) is 18.8. The van der Waals surface area contributed by atoms with E-state index in [0.29, 0.717) is 5.75 Å².